The van der Waals surface area contributed by atoms with Crippen LogP contribution in [0.4, 0.5) is 13.2 Å². The SMILES string of the molecule is CC(C)=CC(=O)NCCc1ccc(C(F)(F)F)cc1. The minimum atomic E-state index is -4.31. The zero-order chi connectivity index (χ0) is 14.5. The minimum Gasteiger partial charge on any atom is -0.352 e. The molecule has 2 nitrogen and oxygen atoms in total. The lowest BCUT2D eigenvalue weighted by atomic mass is 10.1. The molecule has 0 aliphatic heterocycles. The van der Waals surface area contributed by atoms with Crippen LogP contribution in [-0.2, 0) is 17.4 Å². The fraction of sp³-hybridized carbons (Fsp3) is 0.357. The Morgan fingerprint density at radius 2 is 1.79 bits per heavy atom. The maximum Gasteiger partial charge on any atom is 0.416 e. The van der Waals surface area contributed by atoms with Crippen molar-refractivity contribution in [2.45, 2.75) is 26.4 Å². The number of carbonyl (C=O) groups is 1. The van der Waals surface area contributed by atoms with E-state index >= 15 is 0 Å². The summed E-state index contributed by atoms with van der Waals surface area (Å²) in [6.45, 7) is 4.03. The van der Waals surface area contributed by atoms with Crippen LogP contribution < -0.4 is 5.32 Å². The Bertz CT molecular complexity index is 457. The number of allylic oxidation sites excluding steroid dienone is 1. The summed E-state index contributed by atoms with van der Waals surface area (Å²) in [5, 5.41) is 2.67. The Morgan fingerprint density at radius 3 is 2.26 bits per heavy atom. The van der Waals surface area contributed by atoms with Crippen LogP contribution in [0.25, 0.3) is 0 Å². The highest BCUT2D eigenvalue weighted by Gasteiger charge is 2.29. The van der Waals surface area contributed by atoms with Crippen molar-refractivity contribution < 1.29 is 18.0 Å². The fourth-order valence-corrected chi connectivity index (χ4v) is 1.50. The third-order valence-corrected chi connectivity index (χ3v) is 2.41. The molecule has 0 bridgehead atoms. The predicted molar refractivity (Wildman–Crippen MR) is 67.6 cm³/mol. The average molecular weight is 271 g/mol. The summed E-state index contributed by atoms with van der Waals surface area (Å²) in [5.74, 6) is -0.188. The molecule has 0 spiro atoms. The van der Waals surface area contributed by atoms with E-state index in [1.807, 2.05) is 13.8 Å². The zero-order valence-electron chi connectivity index (χ0n) is 10.8. The second-order valence-corrected chi connectivity index (χ2v) is 4.46. The largest absolute Gasteiger partial charge is 0.416 e. The summed E-state index contributed by atoms with van der Waals surface area (Å²) in [5.41, 5.74) is 0.988. The molecule has 0 aromatic heterocycles. The summed E-state index contributed by atoms with van der Waals surface area (Å²) < 4.78 is 37.0. The van der Waals surface area contributed by atoms with Crippen LogP contribution in [0.15, 0.2) is 35.9 Å². The number of rotatable bonds is 4. The molecule has 0 heterocycles. The van der Waals surface area contributed by atoms with Gasteiger partial charge in [0, 0.05) is 12.6 Å². The van der Waals surface area contributed by atoms with E-state index in [0.717, 1.165) is 23.3 Å². The molecule has 1 amide bonds. The first-order valence-corrected chi connectivity index (χ1v) is 5.88. The molecule has 0 fully saturated rings. The van der Waals surface area contributed by atoms with Gasteiger partial charge in [-0.25, -0.2) is 0 Å². The number of halogens is 3. The number of nitrogens with one attached hydrogen (secondary N) is 1. The highest BCUT2D eigenvalue weighted by molar-refractivity contribution is 5.87. The van der Waals surface area contributed by atoms with Crippen LogP contribution in [0.1, 0.15) is 25.0 Å². The van der Waals surface area contributed by atoms with E-state index in [9.17, 15) is 18.0 Å². The van der Waals surface area contributed by atoms with Crippen LogP contribution in [0.5, 0.6) is 0 Å². The number of carbonyl (C=O) groups excluding carboxylic acids is 1. The lowest BCUT2D eigenvalue weighted by Crippen LogP contribution is -2.23. The van der Waals surface area contributed by atoms with Gasteiger partial charge in [0.15, 0.2) is 0 Å². The summed E-state index contributed by atoms with van der Waals surface area (Å²) in [6, 6.07) is 4.95. The Morgan fingerprint density at radius 1 is 1.21 bits per heavy atom. The molecule has 0 aliphatic carbocycles. The molecular formula is C14H16F3NO. The van der Waals surface area contributed by atoms with E-state index in [-0.39, 0.29) is 5.91 Å². The Labute approximate surface area is 110 Å². The first-order valence-electron chi connectivity index (χ1n) is 5.88. The number of benzene rings is 1. The highest BCUT2D eigenvalue weighted by atomic mass is 19.4. The van der Waals surface area contributed by atoms with Gasteiger partial charge in [-0.1, -0.05) is 17.7 Å². The monoisotopic (exact) mass is 271 g/mol. The van der Waals surface area contributed by atoms with Gasteiger partial charge in [0.05, 0.1) is 5.56 Å². The van der Waals surface area contributed by atoms with Crippen molar-refractivity contribution in [2.24, 2.45) is 0 Å². The molecule has 19 heavy (non-hydrogen) atoms. The van der Waals surface area contributed by atoms with Gasteiger partial charge in [-0.2, -0.15) is 13.2 Å². The van der Waals surface area contributed by atoms with Crippen molar-refractivity contribution in [1.82, 2.24) is 5.32 Å². The highest BCUT2D eigenvalue weighted by Crippen LogP contribution is 2.29. The molecule has 5 heteroatoms. The number of alkyl halides is 3. The van der Waals surface area contributed by atoms with Gasteiger partial charge in [0.1, 0.15) is 0 Å². The maximum atomic E-state index is 12.3. The van der Waals surface area contributed by atoms with Crippen molar-refractivity contribution in [3.63, 3.8) is 0 Å². The van der Waals surface area contributed by atoms with Crippen LogP contribution in [0, 0.1) is 0 Å². The van der Waals surface area contributed by atoms with Crippen molar-refractivity contribution in [3.05, 3.63) is 47.0 Å². The number of amides is 1. The van der Waals surface area contributed by atoms with Gasteiger partial charge < -0.3 is 5.32 Å². The number of hydrogen-bond acceptors (Lipinski definition) is 1. The molecule has 0 aliphatic rings. The Balaban J connectivity index is 2.47. The van der Waals surface area contributed by atoms with E-state index in [2.05, 4.69) is 5.32 Å². The molecule has 0 saturated heterocycles. The lowest BCUT2D eigenvalue weighted by Gasteiger charge is -2.08. The van der Waals surface area contributed by atoms with Crippen molar-refractivity contribution in [2.75, 3.05) is 6.54 Å². The molecule has 1 rings (SSSR count). The average Bonchev–Trinajstić information content (AvgIpc) is 2.27. The van der Waals surface area contributed by atoms with E-state index in [0.29, 0.717) is 13.0 Å². The van der Waals surface area contributed by atoms with Gasteiger partial charge in [0.2, 0.25) is 5.91 Å². The lowest BCUT2D eigenvalue weighted by molar-refractivity contribution is -0.137. The predicted octanol–water partition coefficient (Wildman–Crippen LogP) is 3.33. The molecule has 104 valence electrons. The van der Waals surface area contributed by atoms with E-state index in [4.69, 9.17) is 0 Å². The molecule has 0 radical (unpaired) electrons. The van der Waals surface area contributed by atoms with Gasteiger partial charge >= 0.3 is 6.18 Å². The van der Waals surface area contributed by atoms with E-state index in [1.165, 1.54) is 18.2 Å². The first-order chi connectivity index (χ1) is 8.79. The molecule has 0 saturated carbocycles. The molecule has 1 N–H and O–H groups in total. The van der Waals surface area contributed by atoms with Crippen molar-refractivity contribution >= 4 is 5.91 Å². The fourth-order valence-electron chi connectivity index (χ4n) is 1.50. The molecule has 1 aromatic rings. The molecular weight excluding hydrogens is 255 g/mol. The third kappa shape index (κ3) is 5.59. The maximum absolute atomic E-state index is 12.3. The number of hydrogen-bond donors (Lipinski definition) is 1. The molecule has 1 aromatic carbocycles. The third-order valence-electron chi connectivity index (χ3n) is 2.41. The van der Waals surface area contributed by atoms with Gasteiger partial charge in [-0.3, -0.25) is 4.79 Å². The van der Waals surface area contributed by atoms with E-state index in [1.54, 1.807) is 0 Å². The zero-order valence-corrected chi connectivity index (χ0v) is 10.8. The van der Waals surface area contributed by atoms with Crippen LogP contribution in [0.2, 0.25) is 0 Å². The first kappa shape index (κ1) is 15.3. The summed E-state index contributed by atoms with van der Waals surface area (Å²) in [6.07, 6.45) is -2.33. The van der Waals surface area contributed by atoms with Crippen LogP contribution >= 0.6 is 0 Å². The van der Waals surface area contributed by atoms with Crippen molar-refractivity contribution in [3.8, 4) is 0 Å². The smallest absolute Gasteiger partial charge is 0.352 e. The normalized spacial score (nSPS) is 11.0. The summed E-state index contributed by atoms with van der Waals surface area (Å²) in [4.78, 5) is 11.3. The van der Waals surface area contributed by atoms with Gasteiger partial charge in [-0.15, -0.1) is 0 Å². The molecule has 0 unspecified atom stereocenters. The quantitative estimate of drug-likeness (QED) is 0.836. The topological polar surface area (TPSA) is 29.1 Å². The van der Waals surface area contributed by atoms with Crippen LogP contribution in [0.3, 0.4) is 0 Å². The van der Waals surface area contributed by atoms with Gasteiger partial charge in [-0.05, 0) is 38.0 Å². The molecule has 0 atom stereocenters. The Kier molecular flexibility index (Phi) is 5.15. The summed E-state index contributed by atoms with van der Waals surface area (Å²) >= 11 is 0. The second-order valence-electron chi connectivity index (χ2n) is 4.46. The van der Waals surface area contributed by atoms with E-state index < -0.39 is 11.7 Å². The van der Waals surface area contributed by atoms with Crippen molar-refractivity contribution in [1.29, 1.82) is 0 Å². The second kappa shape index (κ2) is 6.41. The van der Waals surface area contributed by atoms with Gasteiger partial charge in [0.25, 0.3) is 0 Å². The Hall–Kier alpha value is -1.78. The standard InChI is InChI=1S/C14H16F3NO/c1-10(2)9-13(19)18-8-7-11-3-5-12(6-4-11)14(15,16)17/h3-6,9H,7-8H2,1-2H3,(H,18,19). The minimum absolute atomic E-state index is 0.188. The summed E-state index contributed by atoms with van der Waals surface area (Å²) in [7, 11) is 0. The van der Waals surface area contributed by atoms with Crippen LogP contribution in [-0.4, -0.2) is 12.5 Å².